The van der Waals surface area contributed by atoms with Gasteiger partial charge in [-0.3, -0.25) is 0 Å². The van der Waals surface area contributed by atoms with Gasteiger partial charge < -0.3 is 10.0 Å². The highest BCUT2D eigenvalue weighted by Gasteiger charge is 2.08. The molecule has 0 aliphatic rings. The third-order valence-electron chi connectivity index (χ3n) is 2.96. The molecule has 0 heterocycles. The van der Waals surface area contributed by atoms with E-state index in [2.05, 4.69) is 0 Å². The summed E-state index contributed by atoms with van der Waals surface area (Å²) in [5.74, 6) is -0.958. The number of hydrogen-bond donors (Lipinski definition) is 1. The van der Waals surface area contributed by atoms with Gasteiger partial charge in [0.1, 0.15) is 6.07 Å². The van der Waals surface area contributed by atoms with Crippen LogP contribution >= 0.6 is 11.6 Å². The van der Waals surface area contributed by atoms with Gasteiger partial charge in [-0.2, -0.15) is 5.26 Å². The maximum absolute atomic E-state index is 10.8. The molecule has 0 saturated heterocycles. The maximum atomic E-state index is 10.8. The van der Waals surface area contributed by atoms with Crippen LogP contribution in [0.4, 0.5) is 11.4 Å². The number of hydrogen-bond acceptors (Lipinski definition) is 3. The number of nitrogens with zero attached hydrogens (tertiary/aromatic N) is 2. The van der Waals surface area contributed by atoms with Gasteiger partial charge in [-0.15, -0.1) is 0 Å². The molecule has 1 N–H and O–H groups in total. The Morgan fingerprint density at radius 1 is 1.20 bits per heavy atom. The maximum Gasteiger partial charge on any atom is 0.335 e. The highest BCUT2D eigenvalue weighted by Crippen LogP contribution is 2.28. The summed E-state index contributed by atoms with van der Waals surface area (Å²) in [5, 5.41) is 18.1. The Bertz CT molecular complexity index is 690. The van der Waals surface area contributed by atoms with Crippen molar-refractivity contribution >= 4 is 28.9 Å². The number of carboxylic acids is 1. The number of carbonyl (C=O) groups is 1. The molecule has 2 aromatic carbocycles. The van der Waals surface area contributed by atoms with Crippen molar-refractivity contribution in [3.05, 3.63) is 58.6 Å². The molecular formula is C15H11ClN2O2. The summed E-state index contributed by atoms with van der Waals surface area (Å²) in [6, 6.07) is 13.7. The Hall–Kier alpha value is -2.51. The van der Waals surface area contributed by atoms with Crippen LogP contribution in [0.3, 0.4) is 0 Å². The molecule has 0 saturated carbocycles. The number of nitriles is 1. The van der Waals surface area contributed by atoms with Gasteiger partial charge in [0.25, 0.3) is 0 Å². The van der Waals surface area contributed by atoms with Crippen molar-refractivity contribution in [3.8, 4) is 6.07 Å². The van der Waals surface area contributed by atoms with E-state index in [0.717, 1.165) is 11.4 Å². The normalized spacial score (nSPS) is 9.85. The highest BCUT2D eigenvalue weighted by atomic mass is 35.5. The minimum atomic E-state index is -0.958. The van der Waals surface area contributed by atoms with E-state index in [9.17, 15) is 4.79 Å². The van der Waals surface area contributed by atoms with E-state index in [1.165, 1.54) is 0 Å². The van der Waals surface area contributed by atoms with Crippen LogP contribution in [-0.2, 0) is 0 Å². The first-order chi connectivity index (χ1) is 9.52. The molecule has 4 nitrogen and oxygen atoms in total. The van der Waals surface area contributed by atoms with Gasteiger partial charge >= 0.3 is 5.97 Å². The summed E-state index contributed by atoms with van der Waals surface area (Å²) >= 11 is 6.00. The number of halogens is 1. The summed E-state index contributed by atoms with van der Waals surface area (Å²) in [7, 11) is 1.84. The Labute approximate surface area is 121 Å². The molecule has 0 atom stereocenters. The Morgan fingerprint density at radius 2 is 1.80 bits per heavy atom. The van der Waals surface area contributed by atoms with E-state index in [0.29, 0.717) is 10.6 Å². The monoisotopic (exact) mass is 286 g/mol. The second-order valence-corrected chi connectivity index (χ2v) is 4.59. The van der Waals surface area contributed by atoms with E-state index in [1.807, 2.05) is 18.0 Å². The number of anilines is 2. The molecule has 0 aliphatic heterocycles. The molecule has 2 rings (SSSR count). The second-order valence-electron chi connectivity index (χ2n) is 4.19. The van der Waals surface area contributed by atoms with Crippen molar-refractivity contribution in [1.29, 1.82) is 5.26 Å². The fourth-order valence-corrected chi connectivity index (χ4v) is 2.00. The Kier molecular flexibility index (Phi) is 3.92. The van der Waals surface area contributed by atoms with Crippen LogP contribution in [0.15, 0.2) is 42.5 Å². The summed E-state index contributed by atoms with van der Waals surface area (Å²) in [4.78, 5) is 12.7. The van der Waals surface area contributed by atoms with Crippen LogP contribution in [0.5, 0.6) is 0 Å². The van der Waals surface area contributed by atoms with E-state index in [4.69, 9.17) is 22.0 Å². The molecule has 0 aliphatic carbocycles. The fourth-order valence-electron chi connectivity index (χ4n) is 1.78. The molecule has 2 aromatic rings. The molecule has 0 fully saturated rings. The van der Waals surface area contributed by atoms with E-state index < -0.39 is 5.97 Å². The molecule has 100 valence electrons. The number of carboxylic acid groups (broad SMARTS) is 1. The zero-order chi connectivity index (χ0) is 14.7. The van der Waals surface area contributed by atoms with Crippen molar-refractivity contribution < 1.29 is 9.90 Å². The highest BCUT2D eigenvalue weighted by molar-refractivity contribution is 6.32. The zero-order valence-electron chi connectivity index (χ0n) is 10.7. The van der Waals surface area contributed by atoms with Gasteiger partial charge in [0.15, 0.2) is 0 Å². The van der Waals surface area contributed by atoms with Gasteiger partial charge in [-0.05, 0) is 42.5 Å². The summed E-state index contributed by atoms with van der Waals surface area (Å²) in [5.41, 5.74) is 2.30. The topological polar surface area (TPSA) is 64.3 Å². The number of benzene rings is 2. The summed E-state index contributed by atoms with van der Waals surface area (Å²) in [6.45, 7) is 0. The van der Waals surface area contributed by atoms with Crippen LogP contribution in [0.1, 0.15) is 15.9 Å². The van der Waals surface area contributed by atoms with Crippen molar-refractivity contribution in [2.24, 2.45) is 0 Å². The molecule has 0 amide bonds. The van der Waals surface area contributed by atoms with Crippen LogP contribution < -0.4 is 4.90 Å². The first kappa shape index (κ1) is 13.9. The smallest absolute Gasteiger partial charge is 0.335 e. The van der Waals surface area contributed by atoms with Crippen LogP contribution in [0.25, 0.3) is 0 Å². The third kappa shape index (κ3) is 2.73. The standard InChI is InChI=1S/C15H11ClN2O2/c1-18(12-5-2-10(3-6-12)15(19)20)13-7-4-11(9-17)14(16)8-13/h2-8H,1H3,(H,19,20). The largest absolute Gasteiger partial charge is 0.478 e. The van der Waals surface area contributed by atoms with Crippen molar-refractivity contribution in [3.63, 3.8) is 0 Å². The minimum absolute atomic E-state index is 0.236. The molecule has 0 spiro atoms. The van der Waals surface area contributed by atoms with Gasteiger partial charge in [-0.1, -0.05) is 11.6 Å². The SMILES string of the molecule is CN(c1ccc(C(=O)O)cc1)c1ccc(C#N)c(Cl)c1. The predicted molar refractivity (Wildman–Crippen MR) is 77.6 cm³/mol. The number of aromatic carboxylic acids is 1. The van der Waals surface area contributed by atoms with Crippen molar-refractivity contribution in [2.45, 2.75) is 0 Å². The third-order valence-corrected chi connectivity index (χ3v) is 3.27. The van der Waals surface area contributed by atoms with Gasteiger partial charge in [0.2, 0.25) is 0 Å². The zero-order valence-corrected chi connectivity index (χ0v) is 11.4. The molecule has 0 unspecified atom stereocenters. The van der Waals surface area contributed by atoms with Gasteiger partial charge in [-0.25, -0.2) is 4.79 Å². The predicted octanol–water partition coefficient (Wildman–Crippen LogP) is 3.68. The lowest BCUT2D eigenvalue weighted by Crippen LogP contribution is -2.09. The Balaban J connectivity index is 2.31. The van der Waals surface area contributed by atoms with Crippen molar-refractivity contribution in [1.82, 2.24) is 0 Å². The summed E-state index contributed by atoms with van der Waals surface area (Å²) in [6.07, 6.45) is 0. The van der Waals surface area contributed by atoms with Crippen LogP contribution in [-0.4, -0.2) is 18.1 Å². The van der Waals surface area contributed by atoms with Gasteiger partial charge in [0, 0.05) is 18.4 Å². The molecular weight excluding hydrogens is 276 g/mol. The lowest BCUT2D eigenvalue weighted by Gasteiger charge is -2.20. The van der Waals surface area contributed by atoms with Crippen molar-refractivity contribution in [2.75, 3.05) is 11.9 Å². The molecule has 0 radical (unpaired) electrons. The molecule has 5 heteroatoms. The quantitative estimate of drug-likeness (QED) is 0.935. The average Bonchev–Trinajstić information content (AvgIpc) is 2.46. The molecule has 0 bridgehead atoms. The first-order valence-corrected chi connectivity index (χ1v) is 6.17. The Morgan fingerprint density at radius 3 is 2.30 bits per heavy atom. The van der Waals surface area contributed by atoms with E-state index in [1.54, 1.807) is 42.5 Å². The van der Waals surface area contributed by atoms with Crippen LogP contribution in [0.2, 0.25) is 5.02 Å². The lowest BCUT2D eigenvalue weighted by molar-refractivity contribution is 0.0697. The van der Waals surface area contributed by atoms with Gasteiger partial charge in [0.05, 0.1) is 16.1 Å². The lowest BCUT2D eigenvalue weighted by atomic mass is 10.1. The summed E-state index contributed by atoms with van der Waals surface area (Å²) < 4.78 is 0. The fraction of sp³-hybridized carbons (Fsp3) is 0.0667. The average molecular weight is 287 g/mol. The minimum Gasteiger partial charge on any atom is -0.478 e. The number of rotatable bonds is 3. The van der Waals surface area contributed by atoms with E-state index in [-0.39, 0.29) is 5.56 Å². The second kappa shape index (κ2) is 5.64. The first-order valence-electron chi connectivity index (χ1n) is 5.79. The van der Waals surface area contributed by atoms with Crippen LogP contribution in [0, 0.1) is 11.3 Å². The molecule has 0 aromatic heterocycles. The van der Waals surface area contributed by atoms with E-state index >= 15 is 0 Å². The molecule has 20 heavy (non-hydrogen) atoms.